The van der Waals surface area contributed by atoms with Gasteiger partial charge in [0, 0.05) is 17.3 Å². The van der Waals surface area contributed by atoms with E-state index in [-0.39, 0.29) is 30.4 Å². The molecule has 1 unspecified atom stereocenters. The predicted molar refractivity (Wildman–Crippen MR) is 141 cm³/mol. The monoisotopic (exact) mass is 508 g/mol. The third-order valence-corrected chi connectivity index (χ3v) is 6.15. The molecule has 1 amide bonds. The molecular formula is C27H36N6O4. The zero-order chi connectivity index (χ0) is 26.9. The highest BCUT2D eigenvalue weighted by molar-refractivity contribution is 5.90. The van der Waals surface area contributed by atoms with Crippen LogP contribution in [-0.4, -0.2) is 50.6 Å². The smallest absolute Gasteiger partial charge is 0.416 e. The highest BCUT2D eigenvalue weighted by Crippen LogP contribution is 2.30. The average Bonchev–Trinajstić information content (AvgIpc) is 3.47. The van der Waals surface area contributed by atoms with Crippen LogP contribution >= 0.6 is 0 Å². The normalized spacial score (nSPS) is 17.7. The lowest BCUT2D eigenvalue weighted by atomic mass is 10.0. The maximum Gasteiger partial charge on any atom is 0.416 e. The van der Waals surface area contributed by atoms with Gasteiger partial charge in [-0.15, -0.1) is 0 Å². The molecule has 1 N–H and O–H groups in total. The van der Waals surface area contributed by atoms with Gasteiger partial charge in [0.15, 0.2) is 0 Å². The van der Waals surface area contributed by atoms with Gasteiger partial charge in [0.05, 0.1) is 11.7 Å². The Labute approximate surface area is 217 Å². The second-order valence-corrected chi connectivity index (χ2v) is 10.7. The number of aryl methyl sites for hydroxylation is 1. The predicted octanol–water partition coefficient (Wildman–Crippen LogP) is 5.66. The molecule has 1 aliphatic rings. The standard InChI is InChI=1S/C27H36N6O4/c1-15(2)19-9-11-20(12-10-19)22-30-24(37-32-22)17(4)29-25-28-13-16(3)23(31-25)33-21(14-35-26(33)34)18(5)36-27(6,7)8/h9-13,15,17-18,21H,14H2,1-8H3,(H,28,29,31)/t17?,18-,21-/m1/s1. The zero-order valence-electron chi connectivity index (χ0n) is 22.8. The van der Waals surface area contributed by atoms with Crippen LogP contribution in [-0.2, 0) is 9.47 Å². The first-order chi connectivity index (χ1) is 17.4. The lowest BCUT2D eigenvalue weighted by Gasteiger charge is -2.32. The first-order valence-corrected chi connectivity index (χ1v) is 12.6. The number of benzene rings is 1. The Morgan fingerprint density at radius 3 is 2.46 bits per heavy atom. The van der Waals surface area contributed by atoms with Gasteiger partial charge in [-0.1, -0.05) is 43.3 Å². The second-order valence-electron chi connectivity index (χ2n) is 10.7. The summed E-state index contributed by atoms with van der Waals surface area (Å²) in [7, 11) is 0. The summed E-state index contributed by atoms with van der Waals surface area (Å²) >= 11 is 0. The summed E-state index contributed by atoms with van der Waals surface area (Å²) in [6.45, 7) is 16.1. The van der Waals surface area contributed by atoms with Crippen molar-refractivity contribution in [3.05, 3.63) is 47.5 Å². The Morgan fingerprint density at radius 1 is 1.11 bits per heavy atom. The molecule has 10 nitrogen and oxygen atoms in total. The SMILES string of the molecule is Cc1cnc(NC(C)c2nc(-c3ccc(C(C)C)cc3)no2)nc1N1C(=O)OC[C@@H]1[C@@H](C)OC(C)(C)C. The second kappa shape index (κ2) is 10.5. The quantitative estimate of drug-likeness (QED) is 0.411. The first-order valence-electron chi connectivity index (χ1n) is 12.6. The number of nitrogens with one attached hydrogen (secondary N) is 1. The molecule has 0 bridgehead atoms. The third kappa shape index (κ3) is 6.07. The summed E-state index contributed by atoms with van der Waals surface area (Å²) < 4.78 is 17.0. The molecule has 0 spiro atoms. The molecule has 0 radical (unpaired) electrons. The van der Waals surface area contributed by atoms with Crippen LogP contribution in [0.4, 0.5) is 16.6 Å². The Hall–Kier alpha value is -3.53. The van der Waals surface area contributed by atoms with E-state index in [0.29, 0.717) is 29.4 Å². The van der Waals surface area contributed by atoms with Gasteiger partial charge in [0.1, 0.15) is 24.5 Å². The van der Waals surface area contributed by atoms with Crippen molar-refractivity contribution in [2.45, 2.75) is 85.1 Å². The molecular weight excluding hydrogens is 472 g/mol. The minimum absolute atomic E-state index is 0.224. The van der Waals surface area contributed by atoms with Gasteiger partial charge >= 0.3 is 6.09 Å². The van der Waals surface area contributed by atoms with Gasteiger partial charge in [-0.2, -0.15) is 9.97 Å². The summed E-state index contributed by atoms with van der Waals surface area (Å²) in [6.07, 6.45) is 0.952. The van der Waals surface area contributed by atoms with Crippen molar-refractivity contribution in [2.75, 3.05) is 16.8 Å². The lowest BCUT2D eigenvalue weighted by Crippen LogP contribution is -2.45. The number of rotatable bonds is 8. The van der Waals surface area contributed by atoms with Crippen molar-refractivity contribution in [2.24, 2.45) is 0 Å². The topological polar surface area (TPSA) is 116 Å². The molecule has 1 aliphatic heterocycles. The molecule has 0 aliphatic carbocycles. The van der Waals surface area contributed by atoms with Crippen LogP contribution in [0, 0.1) is 6.92 Å². The van der Waals surface area contributed by atoms with Crippen molar-refractivity contribution >= 4 is 17.9 Å². The molecule has 2 aromatic heterocycles. The highest BCUT2D eigenvalue weighted by Gasteiger charge is 2.41. The Morgan fingerprint density at radius 2 is 1.81 bits per heavy atom. The van der Waals surface area contributed by atoms with E-state index in [4.69, 9.17) is 14.0 Å². The molecule has 3 heterocycles. The number of hydrogen-bond acceptors (Lipinski definition) is 9. The Bertz CT molecular complexity index is 1230. The van der Waals surface area contributed by atoms with Crippen LogP contribution in [0.15, 0.2) is 35.0 Å². The van der Waals surface area contributed by atoms with Gasteiger partial charge < -0.3 is 19.3 Å². The molecule has 1 fully saturated rings. The minimum Gasteiger partial charge on any atom is -0.447 e. The van der Waals surface area contributed by atoms with Gasteiger partial charge in [0.25, 0.3) is 0 Å². The molecule has 1 aromatic carbocycles. The molecule has 0 saturated carbocycles. The fraction of sp³-hybridized carbons (Fsp3) is 0.519. The number of amides is 1. The maximum absolute atomic E-state index is 12.7. The van der Waals surface area contributed by atoms with E-state index < -0.39 is 6.09 Å². The molecule has 3 aromatic rings. The number of carbonyl (C=O) groups excluding carboxylic acids is 1. The number of nitrogens with zero attached hydrogens (tertiary/aromatic N) is 5. The highest BCUT2D eigenvalue weighted by atomic mass is 16.6. The van der Waals surface area contributed by atoms with Crippen LogP contribution in [0.3, 0.4) is 0 Å². The molecule has 198 valence electrons. The van der Waals surface area contributed by atoms with Crippen molar-refractivity contribution < 1.29 is 18.8 Å². The van der Waals surface area contributed by atoms with E-state index in [1.165, 1.54) is 5.56 Å². The van der Waals surface area contributed by atoms with Crippen molar-refractivity contribution in [1.82, 2.24) is 20.1 Å². The number of carbonyl (C=O) groups is 1. The third-order valence-electron chi connectivity index (χ3n) is 6.15. The number of ether oxygens (including phenoxy) is 2. The van der Waals surface area contributed by atoms with Gasteiger partial charge in [-0.3, -0.25) is 4.90 Å². The summed E-state index contributed by atoms with van der Waals surface area (Å²) in [5.74, 6) is 2.17. The van der Waals surface area contributed by atoms with Crippen molar-refractivity contribution in [3.8, 4) is 11.4 Å². The largest absolute Gasteiger partial charge is 0.447 e. The summed E-state index contributed by atoms with van der Waals surface area (Å²) in [6, 6.07) is 7.45. The van der Waals surface area contributed by atoms with Crippen molar-refractivity contribution in [1.29, 1.82) is 0 Å². The average molecular weight is 509 g/mol. The van der Waals surface area contributed by atoms with Crippen LogP contribution in [0.25, 0.3) is 11.4 Å². The van der Waals surface area contributed by atoms with Gasteiger partial charge in [-0.05, 0) is 53.0 Å². The number of anilines is 2. The van der Waals surface area contributed by atoms with E-state index in [0.717, 1.165) is 11.1 Å². The summed E-state index contributed by atoms with van der Waals surface area (Å²) in [5.41, 5.74) is 2.51. The van der Waals surface area contributed by atoms with Gasteiger partial charge in [0.2, 0.25) is 17.7 Å². The molecule has 37 heavy (non-hydrogen) atoms. The Balaban J connectivity index is 1.51. The molecule has 4 rings (SSSR count). The molecule has 10 heteroatoms. The van der Waals surface area contributed by atoms with E-state index in [1.54, 1.807) is 11.1 Å². The molecule has 3 atom stereocenters. The minimum atomic E-state index is -0.458. The van der Waals surface area contributed by atoms with Crippen LogP contribution in [0.1, 0.15) is 77.4 Å². The van der Waals surface area contributed by atoms with Crippen molar-refractivity contribution in [3.63, 3.8) is 0 Å². The number of cyclic esters (lactones) is 1. The number of hydrogen-bond donors (Lipinski definition) is 1. The first kappa shape index (κ1) is 26.5. The van der Waals surface area contributed by atoms with Gasteiger partial charge in [-0.25, -0.2) is 9.78 Å². The zero-order valence-corrected chi connectivity index (χ0v) is 22.8. The van der Waals surface area contributed by atoms with Crippen LogP contribution in [0.5, 0.6) is 0 Å². The Kier molecular flexibility index (Phi) is 7.49. The van der Waals surface area contributed by atoms with E-state index in [9.17, 15) is 4.79 Å². The van der Waals surface area contributed by atoms with E-state index in [1.807, 2.05) is 53.7 Å². The fourth-order valence-electron chi connectivity index (χ4n) is 4.21. The fourth-order valence-corrected chi connectivity index (χ4v) is 4.21. The van der Waals surface area contributed by atoms with Crippen LogP contribution < -0.4 is 10.2 Å². The molecule has 1 saturated heterocycles. The number of aromatic nitrogens is 4. The van der Waals surface area contributed by atoms with E-state index >= 15 is 0 Å². The maximum atomic E-state index is 12.7. The van der Waals surface area contributed by atoms with Crippen LogP contribution in [0.2, 0.25) is 0 Å². The lowest BCUT2D eigenvalue weighted by molar-refractivity contribution is -0.0618. The van der Waals surface area contributed by atoms with E-state index in [2.05, 4.69) is 51.4 Å². The summed E-state index contributed by atoms with van der Waals surface area (Å²) in [5, 5.41) is 7.34. The summed E-state index contributed by atoms with van der Waals surface area (Å²) in [4.78, 5) is 27.8.